The van der Waals surface area contributed by atoms with Crippen LogP contribution >= 0.6 is 12.2 Å². The molecule has 0 fully saturated rings. The van der Waals surface area contributed by atoms with Gasteiger partial charge in [0.25, 0.3) is 5.91 Å². The van der Waals surface area contributed by atoms with Gasteiger partial charge in [-0.2, -0.15) is 5.10 Å². The van der Waals surface area contributed by atoms with E-state index < -0.39 is 0 Å². The molecular weight excluding hydrogens is 372 g/mol. The zero-order valence-corrected chi connectivity index (χ0v) is 17.5. The zero-order valence-electron chi connectivity index (χ0n) is 16.7. The molecule has 0 saturated heterocycles. The number of hydrogen-bond donors (Lipinski definition) is 2. The van der Waals surface area contributed by atoms with Gasteiger partial charge in [-0.25, -0.2) is 0 Å². The van der Waals surface area contributed by atoms with Crippen molar-refractivity contribution in [2.24, 2.45) is 16.3 Å². The summed E-state index contributed by atoms with van der Waals surface area (Å²) in [5.74, 6) is 1.01. The molecule has 1 aliphatic rings. The Morgan fingerprint density at radius 2 is 2.00 bits per heavy atom. The predicted octanol–water partition coefficient (Wildman–Crippen LogP) is 3.37. The minimum absolute atomic E-state index is 0.0374. The first kappa shape index (κ1) is 20.1. The summed E-state index contributed by atoms with van der Waals surface area (Å²) in [4.78, 5) is 14.7. The standard InChI is InChI=1S/C21H26N4O2S/c1-13-17-15(23-24-20(22)28)10-21(2,3)11-16(17)27-18(13)19(26)25(4)12-14-8-6-5-7-9-14/h5-9H,10-12H2,1-4H3,(H3,22,24,28)/b23-15-. The summed E-state index contributed by atoms with van der Waals surface area (Å²) in [5.41, 5.74) is 11.7. The third kappa shape index (κ3) is 4.25. The molecule has 1 aliphatic carbocycles. The first-order valence-corrected chi connectivity index (χ1v) is 9.63. The SMILES string of the molecule is Cc1c(C(=O)N(C)Cc2ccccc2)oc2c1/C(=N\NC(N)=S)CC(C)(C)C2. The van der Waals surface area contributed by atoms with Crippen molar-refractivity contribution in [1.82, 2.24) is 10.3 Å². The molecule has 3 N–H and O–H groups in total. The Morgan fingerprint density at radius 3 is 2.64 bits per heavy atom. The van der Waals surface area contributed by atoms with Crippen LogP contribution in [0.1, 0.15) is 53.3 Å². The molecule has 0 atom stereocenters. The van der Waals surface area contributed by atoms with Gasteiger partial charge in [-0.1, -0.05) is 44.2 Å². The number of fused-ring (bicyclic) bond motifs is 1. The van der Waals surface area contributed by atoms with E-state index in [1.165, 1.54) is 0 Å². The van der Waals surface area contributed by atoms with E-state index in [4.69, 9.17) is 22.4 Å². The molecule has 2 aromatic rings. The Labute approximate surface area is 170 Å². The van der Waals surface area contributed by atoms with E-state index in [1.807, 2.05) is 37.3 Å². The maximum atomic E-state index is 13.1. The number of amides is 1. The van der Waals surface area contributed by atoms with E-state index in [2.05, 4.69) is 24.4 Å². The maximum absolute atomic E-state index is 13.1. The summed E-state index contributed by atoms with van der Waals surface area (Å²) in [6, 6.07) is 9.88. The highest BCUT2D eigenvalue weighted by atomic mass is 32.1. The van der Waals surface area contributed by atoms with Gasteiger partial charge in [-0.05, 0) is 36.5 Å². The number of hydrogen-bond acceptors (Lipinski definition) is 4. The van der Waals surface area contributed by atoms with Gasteiger partial charge in [-0.3, -0.25) is 10.2 Å². The molecular formula is C21H26N4O2S. The largest absolute Gasteiger partial charge is 0.455 e. The molecule has 0 bridgehead atoms. The van der Waals surface area contributed by atoms with Crippen LogP contribution in [-0.2, 0) is 13.0 Å². The number of thiocarbonyl (C=S) groups is 1. The van der Waals surface area contributed by atoms with Gasteiger partial charge in [-0.15, -0.1) is 0 Å². The summed E-state index contributed by atoms with van der Waals surface area (Å²) in [6.45, 7) is 6.71. The van der Waals surface area contributed by atoms with Crippen molar-refractivity contribution in [3.05, 3.63) is 58.5 Å². The van der Waals surface area contributed by atoms with E-state index in [9.17, 15) is 4.79 Å². The number of nitrogens with two attached hydrogens (primary N) is 1. The molecule has 7 heteroatoms. The molecule has 1 amide bonds. The van der Waals surface area contributed by atoms with Crippen LogP contribution in [0.2, 0.25) is 0 Å². The van der Waals surface area contributed by atoms with Crippen molar-refractivity contribution in [2.75, 3.05) is 7.05 Å². The Kier molecular flexibility index (Phi) is 5.56. The molecule has 1 heterocycles. The number of benzene rings is 1. The lowest BCUT2D eigenvalue weighted by Gasteiger charge is -2.29. The molecule has 0 spiro atoms. The summed E-state index contributed by atoms with van der Waals surface area (Å²) in [7, 11) is 1.78. The molecule has 148 valence electrons. The minimum Gasteiger partial charge on any atom is -0.455 e. The number of nitrogens with zero attached hydrogens (tertiary/aromatic N) is 2. The van der Waals surface area contributed by atoms with E-state index in [1.54, 1.807) is 11.9 Å². The van der Waals surface area contributed by atoms with Crippen molar-refractivity contribution in [2.45, 2.75) is 40.2 Å². The van der Waals surface area contributed by atoms with Crippen LogP contribution in [0.4, 0.5) is 0 Å². The van der Waals surface area contributed by atoms with Crippen LogP contribution < -0.4 is 11.2 Å². The van der Waals surface area contributed by atoms with E-state index in [-0.39, 0.29) is 16.4 Å². The summed E-state index contributed by atoms with van der Waals surface area (Å²) < 4.78 is 6.07. The highest BCUT2D eigenvalue weighted by Gasteiger charge is 2.36. The molecule has 28 heavy (non-hydrogen) atoms. The van der Waals surface area contributed by atoms with Gasteiger partial charge in [0.1, 0.15) is 5.76 Å². The Morgan fingerprint density at radius 1 is 1.32 bits per heavy atom. The average molecular weight is 399 g/mol. The van der Waals surface area contributed by atoms with Gasteiger partial charge >= 0.3 is 0 Å². The van der Waals surface area contributed by atoms with Crippen molar-refractivity contribution in [3.63, 3.8) is 0 Å². The van der Waals surface area contributed by atoms with Crippen LogP contribution in [-0.4, -0.2) is 28.7 Å². The molecule has 0 saturated carbocycles. The number of hydrazone groups is 1. The topological polar surface area (TPSA) is 83.9 Å². The molecule has 1 aromatic heterocycles. The Bertz CT molecular complexity index is 931. The van der Waals surface area contributed by atoms with Gasteiger partial charge in [0.2, 0.25) is 0 Å². The number of nitrogens with one attached hydrogen (secondary N) is 1. The van der Waals surface area contributed by atoms with E-state index >= 15 is 0 Å². The average Bonchev–Trinajstić information content (AvgIpc) is 2.95. The second-order valence-corrected chi connectivity index (χ2v) is 8.49. The predicted molar refractivity (Wildman–Crippen MR) is 114 cm³/mol. The van der Waals surface area contributed by atoms with Gasteiger partial charge in [0, 0.05) is 31.1 Å². The zero-order chi connectivity index (χ0) is 20.5. The molecule has 6 nitrogen and oxygen atoms in total. The lowest BCUT2D eigenvalue weighted by Crippen LogP contribution is -2.31. The van der Waals surface area contributed by atoms with E-state index in [0.717, 1.165) is 41.0 Å². The fourth-order valence-electron chi connectivity index (χ4n) is 3.64. The fourth-order valence-corrected chi connectivity index (χ4v) is 3.68. The molecule has 3 rings (SSSR count). The number of furan rings is 1. The summed E-state index contributed by atoms with van der Waals surface area (Å²) in [6.07, 6.45) is 1.48. The first-order valence-electron chi connectivity index (χ1n) is 9.22. The number of carbonyl (C=O) groups is 1. The van der Waals surface area contributed by atoms with Gasteiger partial charge in [0.05, 0.1) is 5.71 Å². The van der Waals surface area contributed by atoms with Crippen LogP contribution in [0.3, 0.4) is 0 Å². The van der Waals surface area contributed by atoms with E-state index in [0.29, 0.717) is 12.3 Å². The highest BCUT2D eigenvalue weighted by Crippen LogP contribution is 2.39. The van der Waals surface area contributed by atoms with Crippen molar-refractivity contribution >= 4 is 28.9 Å². The van der Waals surface area contributed by atoms with Crippen molar-refractivity contribution in [3.8, 4) is 0 Å². The van der Waals surface area contributed by atoms with Crippen molar-refractivity contribution < 1.29 is 9.21 Å². The number of carbonyl (C=O) groups excluding carboxylic acids is 1. The van der Waals surface area contributed by atoms with Crippen LogP contribution in [0, 0.1) is 12.3 Å². The van der Waals surface area contributed by atoms with Crippen molar-refractivity contribution in [1.29, 1.82) is 0 Å². The Hall–Kier alpha value is -2.67. The van der Waals surface area contributed by atoms with Gasteiger partial charge < -0.3 is 15.1 Å². The normalized spacial score (nSPS) is 16.5. The lowest BCUT2D eigenvalue weighted by molar-refractivity contribution is 0.0749. The minimum atomic E-state index is -0.143. The Balaban J connectivity index is 1.93. The third-order valence-electron chi connectivity index (χ3n) is 4.90. The second kappa shape index (κ2) is 7.75. The van der Waals surface area contributed by atoms with Crippen LogP contribution in [0.5, 0.6) is 0 Å². The molecule has 0 unspecified atom stereocenters. The summed E-state index contributed by atoms with van der Waals surface area (Å²) >= 11 is 4.87. The van der Waals surface area contributed by atoms with Gasteiger partial charge in [0.15, 0.2) is 10.9 Å². The number of rotatable bonds is 4. The quantitative estimate of drug-likeness (QED) is 0.609. The van der Waals surface area contributed by atoms with Crippen LogP contribution in [0.15, 0.2) is 39.9 Å². The smallest absolute Gasteiger partial charge is 0.289 e. The fraction of sp³-hybridized carbons (Fsp3) is 0.381. The van der Waals surface area contributed by atoms with Crippen LogP contribution in [0.25, 0.3) is 0 Å². The first-order chi connectivity index (χ1) is 13.2. The summed E-state index contributed by atoms with van der Waals surface area (Å²) in [5, 5.41) is 4.49. The molecule has 0 aliphatic heterocycles. The maximum Gasteiger partial charge on any atom is 0.289 e. The highest BCUT2D eigenvalue weighted by molar-refractivity contribution is 7.80. The molecule has 1 aromatic carbocycles. The second-order valence-electron chi connectivity index (χ2n) is 8.05. The molecule has 0 radical (unpaired) electrons. The third-order valence-corrected chi connectivity index (χ3v) is 4.99. The monoisotopic (exact) mass is 398 g/mol. The lowest BCUT2D eigenvalue weighted by atomic mass is 9.75.